The molecule has 0 rings (SSSR count). The van der Waals surface area contributed by atoms with E-state index in [9.17, 15) is 5.11 Å². The van der Waals surface area contributed by atoms with Crippen LogP contribution in [0.3, 0.4) is 0 Å². The molecule has 1 atom stereocenters. The summed E-state index contributed by atoms with van der Waals surface area (Å²) in [6.07, 6.45) is 4.71. The van der Waals surface area contributed by atoms with Crippen LogP contribution in [0.25, 0.3) is 0 Å². The Hall–Kier alpha value is -0.0800. The fourth-order valence-corrected chi connectivity index (χ4v) is 1.12. The second-order valence-corrected chi connectivity index (χ2v) is 3.43. The average Bonchev–Trinajstić information content (AvgIpc) is 1.87. The molecule has 0 aliphatic heterocycles. The van der Waals surface area contributed by atoms with E-state index in [1.165, 1.54) is 12.8 Å². The van der Waals surface area contributed by atoms with Gasteiger partial charge in [0.1, 0.15) is 0 Å². The molecule has 0 saturated carbocycles. The highest BCUT2D eigenvalue weighted by molar-refractivity contribution is 4.71. The molecule has 0 bridgehead atoms. The van der Waals surface area contributed by atoms with E-state index >= 15 is 0 Å². The molecule has 0 aliphatic rings. The zero-order chi connectivity index (χ0) is 8.74. The smallest absolute Gasteiger partial charge is 0.0641 e. The molecule has 0 aromatic carbocycles. The van der Waals surface area contributed by atoms with Crippen molar-refractivity contribution in [2.45, 2.75) is 51.6 Å². The first-order valence-corrected chi connectivity index (χ1v) is 4.45. The van der Waals surface area contributed by atoms with Gasteiger partial charge in [0.05, 0.1) is 5.60 Å². The van der Waals surface area contributed by atoms with E-state index in [-0.39, 0.29) is 6.61 Å². The summed E-state index contributed by atoms with van der Waals surface area (Å²) >= 11 is 0. The van der Waals surface area contributed by atoms with E-state index in [1.54, 1.807) is 6.92 Å². The van der Waals surface area contributed by atoms with Gasteiger partial charge in [0, 0.05) is 6.61 Å². The molecule has 0 amide bonds. The van der Waals surface area contributed by atoms with Crippen molar-refractivity contribution in [2.75, 3.05) is 6.61 Å². The maximum Gasteiger partial charge on any atom is 0.0641 e. The number of hydrogen-bond donors (Lipinski definition) is 2. The van der Waals surface area contributed by atoms with Crippen LogP contribution in [0.2, 0.25) is 0 Å². The van der Waals surface area contributed by atoms with Crippen LogP contribution in [-0.4, -0.2) is 22.4 Å². The van der Waals surface area contributed by atoms with Crippen LogP contribution in [-0.2, 0) is 0 Å². The van der Waals surface area contributed by atoms with Crippen molar-refractivity contribution in [1.29, 1.82) is 0 Å². The Bertz CT molecular complexity index is 89.6. The molecule has 2 heteroatoms. The highest BCUT2D eigenvalue weighted by Gasteiger charge is 2.17. The van der Waals surface area contributed by atoms with Crippen LogP contribution in [0.15, 0.2) is 0 Å². The van der Waals surface area contributed by atoms with Crippen molar-refractivity contribution in [2.24, 2.45) is 0 Å². The van der Waals surface area contributed by atoms with Gasteiger partial charge >= 0.3 is 0 Å². The molecule has 0 radical (unpaired) electrons. The summed E-state index contributed by atoms with van der Waals surface area (Å²) in [5.74, 6) is 0. The van der Waals surface area contributed by atoms with Gasteiger partial charge in [0.2, 0.25) is 0 Å². The van der Waals surface area contributed by atoms with Gasteiger partial charge < -0.3 is 10.2 Å². The SMILES string of the molecule is CCCCC[C@](C)(O)CCO. The Morgan fingerprint density at radius 3 is 2.27 bits per heavy atom. The molecule has 2 N–H and O–H groups in total. The normalized spacial score (nSPS) is 16.4. The Labute approximate surface area is 69.2 Å². The first-order valence-electron chi connectivity index (χ1n) is 4.45. The molecule has 0 saturated heterocycles. The van der Waals surface area contributed by atoms with E-state index in [4.69, 9.17) is 5.11 Å². The summed E-state index contributed by atoms with van der Waals surface area (Å²) in [6, 6.07) is 0. The van der Waals surface area contributed by atoms with Gasteiger partial charge in [-0.2, -0.15) is 0 Å². The second kappa shape index (κ2) is 5.56. The zero-order valence-electron chi connectivity index (χ0n) is 7.64. The van der Waals surface area contributed by atoms with Crippen LogP contribution in [0, 0.1) is 0 Å². The van der Waals surface area contributed by atoms with Gasteiger partial charge in [-0.15, -0.1) is 0 Å². The minimum absolute atomic E-state index is 0.0825. The molecule has 0 spiro atoms. The summed E-state index contributed by atoms with van der Waals surface area (Å²) in [5.41, 5.74) is -0.649. The quantitative estimate of drug-likeness (QED) is 0.581. The lowest BCUT2D eigenvalue weighted by Crippen LogP contribution is -2.25. The van der Waals surface area contributed by atoms with Crippen molar-refractivity contribution in [3.8, 4) is 0 Å². The van der Waals surface area contributed by atoms with Crippen LogP contribution < -0.4 is 0 Å². The molecule has 0 aliphatic carbocycles. The first kappa shape index (κ1) is 10.9. The van der Waals surface area contributed by atoms with Gasteiger partial charge in [0.25, 0.3) is 0 Å². The van der Waals surface area contributed by atoms with Gasteiger partial charge in [-0.05, 0) is 19.8 Å². The third-order valence-corrected chi connectivity index (χ3v) is 1.97. The van der Waals surface area contributed by atoms with Crippen LogP contribution in [0.1, 0.15) is 46.0 Å². The van der Waals surface area contributed by atoms with Crippen molar-refractivity contribution in [1.82, 2.24) is 0 Å². The standard InChI is InChI=1S/C9H20O2/c1-3-4-5-6-9(2,11)7-8-10/h10-11H,3-8H2,1-2H3/t9-/m0/s1. The summed E-state index contributed by atoms with van der Waals surface area (Å²) in [7, 11) is 0. The average molecular weight is 160 g/mol. The van der Waals surface area contributed by atoms with E-state index < -0.39 is 5.60 Å². The topological polar surface area (TPSA) is 40.5 Å². The van der Waals surface area contributed by atoms with Gasteiger partial charge in [-0.3, -0.25) is 0 Å². The molecule has 11 heavy (non-hydrogen) atoms. The largest absolute Gasteiger partial charge is 0.396 e. The fourth-order valence-electron chi connectivity index (χ4n) is 1.12. The third-order valence-electron chi connectivity index (χ3n) is 1.97. The molecule has 0 heterocycles. The predicted molar refractivity (Wildman–Crippen MR) is 46.5 cm³/mol. The Balaban J connectivity index is 3.38. The maximum absolute atomic E-state index is 9.58. The lowest BCUT2D eigenvalue weighted by atomic mass is 9.95. The van der Waals surface area contributed by atoms with Gasteiger partial charge in [0.15, 0.2) is 0 Å². The predicted octanol–water partition coefficient (Wildman–Crippen LogP) is 1.70. The minimum atomic E-state index is -0.649. The van der Waals surface area contributed by atoms with Crippen molar-refractivity contribution in [3.05, 3.63) is 0 Å². The van der Waals surface area contributed by atoms with E-state index in [1.807, 2.05) is 0 Å². The van der Waals surface area contributed by atoms with E-state index in [2.05, 4.69) is 6.92 Å². The third kappa shape index (κ3) is 6.32. The van der Waals surface area contributed by atoms with Gasteiger partial charge in [-0.25, -0.2) is 0 Å². The molecule has 0 unspecified atom stereocenters. The second-order valence-electron chi connectivity index (χ2n) is 3.43. The first-order chi connectivity index (χ1) is 5.12. The highest BCUT2D eigenvalue weighted by Crippen LogP contribution is 2.17. The number of rotatable bonds is 6. The Kier molecular flexibility index (Phi) is 5.51. The minimum Gasteiger partial charge on any atom is -0.396 e. The number of hydrogen-bond acceptors (Lipinski definition) is 2. The molecule has 0 aromatic rings. The van der Waals surface area contributed by atoms with Crippen molar-refractivity contribution in [3.63, 3.8) is 0 Å². The van der Waals surface area contributed by atoms with Gasteiger partial charge in [-0.1, -0.05) is 26.2 Å². The van der Waals surface area contributed by atoms with Crippen LogP contribution in [0.4, 0.5) is 0 Å². The van der Waals surface area contributed by atoms with E-state index in [0.29, 0.717) is 6.42 Å². The monoisotopic (exact) mass is 160 g/mol. The number of aliphatic hydroxyl groups excluding tert-OH is 1. The van der Waals surface area contributed by atoms with Crippen molar-refractivity contribution < 1.29 is 10.2 Å². The molecular formula is C9H20O2. The fraction of sp³-hybridized carbons (Fsp3) is 1.00. The molecule has 68 valence electrons. The maximum atomic E-state index is 9.58. The van der Waals surface area contributed by atoms with E-state index in [0.717, 1.165) is 12.8 Å². The lowest BCUT2D eigenvalue weighted by Gasteiger charge is -2.21. The summed E-state index contributed by atoms with van der Waals surface area (Å²) in [5, 5.41) is 18.2. The number of aliphatic hydroxyl groups is 2. The summed E-state index contributed by atoms with van der Waals surface area (Å²) in [6.45, 7) is 4.01. The highest BCUT2D eigenvalue weighted by atomic mass is 16.3. The number of unbranched alkanes of at least 4 members (excludes halogenated alkanes) is 2. The molecule has 2 nitrogen and oxygen atoms in total. The Morgan fingerprint density at radius 2 is 1.82 bits per heavy atom. The van der Waals surface area contributed by atoms with Crippen LogP contribution in [0.5, 0.6) is 0 Å². The van der Waals surface area contributed by atoms with Crippen LogP contribution >= 0.6 is 0 Å². The molecule has 0 fully saturated rings. The summed E-state index contributed by atoms with van der Waals surface area (Å²) in [4.78, 5) is 0. The molecular weight excluding hydrogens is 140 g/mol. The lowest BCUT2D eigenvalue weighted by molar-refractivity contribution is 0.0233. The zero-order valence-corrected chi connectivity index (χ0v) is 7.64. The molecule has 0 aromatic heterocycles. The Morgan fingerprint density at radius 1 is 1.18 bits per heavy atom. The van der Waals surface area contributed by atoms with Crippen molar-refractivity contribution >= 4 is 0 Å². The summed E-state index contributed by atoms with van der Waals surface area (Å²) < 4.78 is 0.